The minimum absolute atomic E-state index is 0.357. The summed E-state index contributed by atoms with van der Waals surface area (Å²) in [6.45, 7) is 8.71. The van der Waals surface area contributed by atoms with Crippen LogP contribution in [0, 0.1) is 28.6 Å². The fraction of sp³-hybridized carbons (Fsp3) is 0.966. The highest BCUT2D eigenvalue weighted by molar-refractivity contribution is 5.77. The van der Waals surface area contributed by atoms with Crippen LogP contribution in [0.1, 0.15) is 124 Å². The summed E-state index contributed by atoms with van der Waals surface area (Å²) in [6, 6.07) is 1.23. The number of unbranched alkanes of at least 4 members (excludes halogenated alkanes) is 7. The monoisotopic (exact) mass is 444 g/mol. The number of piperidine rings is 1. The summed E-state index contributed by atoms with van der Waals surface area (Å²) in [5.74, 6) is 3.02. The molecule has 4 rings (SSSR count). The van der Waals surface area contributed by atoms with Gasteiger partial charge in [-0.2, -0.15) is 0 Å². The summed E-state index contributed by atoms with van der Waals surface area (Å²) < 4.78 is 0. The zero-order chi connectivity index (χ0) is 22.8. The third kappa shape index (κ3) is 4.53. The lowest BCUT2D eigenvalue weighted by Gasteiger charge is -2.61. The predicted octanol–water partition coefficient (Wildman–Crippen LogP) is 6.95. The lowest BCUT2D eigenvalue weighted by molar-refractivity contribution is -0.157. The van der Waals surface area contributed by atoms with Gasteiger partial charge in [0.15, 0.2) is 0 Å². The average Bonchev–Trinajstić information content (AvgIpc) is 3.12. The van der Waals surface area contributed by atoms with Crippen LogP contribution in [-0.2, 0) is 4.79 Å². The van der Waals surface area contributed by atoms with Gasteiger partial charge in [-0.1, -0.05) is 65.7 Å². The van der Waals surface area contributed by atoms with Crippen LogP contribution in [0.4, 0.5) is 0 Å². The smallest absolute Gasteiger partial charge is 0.222 e. The number of fused-ring (bicyclic) bond motifs is 5. The van der Waals surface area contributed by atoms with Crippen LogP contribution in [-0.4, -0.2) is 36.5 Å². The zero-order valence-electron chi connectivity index (χ0n) is 21.8. The number of likely N-dealkylation sites (tertiary alicyclic amines) is 1. The first kappa shape index (κ1) is 24.6. The van der Waals surface area contributed by atoms with Crippen molar-refractivity contribution >= 4 is 5.91 Å². The Morgan fingerprint density at radius 2 is 1.53 bits per heavy atom. The van der Waals surface area contributed by atoms with Crippen molar-refractivity contribution in [1.29, 1.82) is 0 Å². The number of hydrogen-bond acceptors (Lipinski definition) is 2. The highest BCUT2D eigenvalue weighted by Crippen LogP contribution is 2.64. The molecule has 1 heterocycles. The molecule has 1 N–H and O–H groups in total. The van der Waals surface area contributed by atoms with E-state index >= 15 is 0 Å². The van der Waals surface area contributed by atoms with Gasteiger partial charge in [0.25, 0.3) is 0 Å². The van der Waals surface area contributed by atoms with Gasteiger partial charge in [-0.25, -0.2) is 0 Å². The molecule has 4 fully saturated rings. The standard InChI is InChI=1S/C29H52N2O/c1-5-6-7-8-9-10-11-12-21-30-25-15-14-23-22-13-16-26-29(3,20-18-27(32)31(26)4)24(22)17-19-28(23,25)2/h22-26,30H,5-21H2,1-4H3/t22-,23-,24-,25-,26+,28-,29+/m0/s1. The van der Waals surface area contributed by atoms with Crippen molar-refractivity contribution in [3.8, 4) is 0 Å². The Kier molecular flexibility index (Phi) is 7.95. The maximum Gasteiger partial charge on any atom is 0.222 e. The number of nitrogens with one attached hydrogen (secondary N) is 1. The molecule has 1 amide bonds. The van der Waals surface area contributed by atoms with E-state index in [-0.39, 0.29) is 0 Å². The zero-order valence-corrected chi connectivity index (χ0v) is 21.8. The molecule has 3 aliphatic carbocycles. The summed E-state index contributed by atoms with van der Waals surface area (Å²) in [5, 5.41) is 4.05. The van der Waals surface area contributed by atoms with Gasteiger partial charge < -0.3 is 10.2 Å². The number of hydrogen-bond donors (Lipinski definition) is 1. The van der Waals surface area contributed by atoms with Gasteiger partial charge in [0.2, 0.25) is 5.91 Å². The van der Waals surface area contributed by atoms with Gasteiger partial charge in [0.05, 0.1) is 0 Å². The summed E-state index contributed by atoms with van der Waals surface area (Å²) in [6.07, 6.45) is 21.4. The first-order chi connectivity index (χ1) is 15.4. The molecule has 0 aromatic rings. The Hall–Kier alpha value is -0.570. The fourth-order valence-corrected chi connectivity index (χ4v) is 9.02. The van der Waals surface area contributed by atoms with Gasteiger partial charge in [-0.15, -0.1) is 0 Å². The van der Waals surface area contributed by atoms with E-state index in [1.165, 1.54) is 96.4 Å². The third-order valence-corrected chi connectivity index (χ3v) is 11.0. The van der Waals surface area contributed by atoms with Crippen molar-refractivity contribution in [2.24, 2.45) is 28.6 Å². The van der Waals surface area contributed by atoms with E-state index in [1.54, 1.807) is 0 Å². The molecule has 1 aliphatic heterocycles. The van der Waals surface area contributed by atoms with E-state index in [9.17, 15) is 4.79 Å². The number of nitrogens with zero attached hydrogens (tertiary/aromatic N) is 1. The van der Waals surface area contributed by atoms with Crippen LogP contribution in [0.5, 0.6) is 0 Å². The second-order valence-corrected chi connectivity index (χ2v) is 12.6. The van der Waals surface area contributed by atoms with Crippen molar-refractivity contribution in [2.45, 2.75) is 136 Å². The Balaban J connectivity index is 1.27. The van der Waals surface area contributed by atoms with E-state index in [1.807, 2.05) is 0 Å². The average molecular weight is 445 g/mol. The van der Waals surface area contributed by atoms with E-state index in [0.29, 0.717) is 22.8 Å². The van der Waals surface area contributed by atoms with Crippen LogP contribution < -0.4 is 5.32 Å². The molecule has 0 unspecified atom stereocenters. The van der Waals surface area contributed by atoms with Crippen LogP contribution in [0.15, 0.2) is 0 Å². The van der Waals surface area contributed by atoms with E-state index in [2.05, 4.69) is 38.0 Å². The van der Waals surface area contributed by atoms with Crippen LogP contribution in [0.2, 0.25) is 0 Å². The maximum absolute atomic E-state index is 12.4. The molecule has 0 spiro atoms. The minimum atomic E-state index is 0.357. The first-order valence-corrected chi connectivity index (χ1v) is 14.4. The van der Waals surface area contributed by atoms with Crippen molar-refractivity contribution in [3.63, 3.8) is 0 Å². The fourth-order valence-electron chi connectivity index (χ4n) is 9.02. The molecule has 0 aromatic heterocycles. The lowest BCUT2D eigenvalue weighted by atomic mass is 9.47. The summed E-state index contributed by atoms with van der Waals surface area (Å²) in [5.41, 5.74) is 0.858. The number of carbonyl (C=O) groups excluding carboxylic acids is 1. The Bertz CT molecular complexity index is 635. The molecule has 0 radical (unpaired) electrons. The van der Waals surface area contributed by atoms with Crippen LogP contribution in [0.3, 0.4) is 0 Å². The molecule has 3 nitrogen and oxygen atoms in total. The summed E-state index contributed by atoms with van der Waals surface area (Å²) in [4.78, 5) is 14.5. The third-order valence-electron chi connectivity index (χ3n) is 11.0. The molecule has 32 heavy (non-hydrogen) atoms. The van der Waals surface area contributed by atoms with Gasteiger partial charge >= 0.3 is 0 Å². The number of amides is 1. The second-order valence-electron chi connectivity index (χ2n) is 12.6. The SMILES string of the molecule is CCCCCCCCCCN[C@H]1CC[C@H]2[C@@H]3CC[C@H]4N(C)C(=O)CC[C@]4(C)[C@H]3CC[C@]12C. The van der Waals surface area contributed by atoms with Crippen LogP contribution >= 0.6 is 0 Å². The number of carbonyl (C=O) groups is 1. The largest absolute Gasteiger partial charge is 0.342 e. The molecule has 184 valence electrons. The van der Waals surface area contributed by atoms with Crippen molar-refractivity contribution < 1.29 is 4.79 Å². The Morgan fingerprint density at radius 1 is 0.844 bits per heavy atom. The molecule has 0 aromatic carbocycles. The van der Waals surface area contributed by atoms with E-state index in [4.69, 9.17) is 0 Å². The Labute approximate surface area is 198 Å². The van der Waals surface area contributed by atoms with Crippen molar-refractivity contribution in [1.82, 2.24) is 10.2 Å². The van der Waals surface area contributed by atoms with E-state index < -0.39 is 0 Å². The molecule has 3 heteroatoms. The van der Waals surface area contributed by atoms with Crippen molar-refractivity contribution in [3.05, 3.63) is 0 Å². The van der Waals surface area contributed by atoms with Gasteiger partial charge in [-0.3, -0.25) is 4.79 Å². The molecular formula is C29H52N2O. The lowest BCUT2D eigenvalue weighted by Crippen LogP contribution is -2.61. The molecule has 0 bridgehead atoms. The van der Waals surface area contributed by atoms with Gasteiger partial charge in [0.1, 0.15) is 0 Å². The first-order valence-electron chi connectivity index (χ1n) is 14.4. The quantitative estimate of drug-likeness (QED) is 0.370. The molecular weight excluding hydrogens is 392 g/mol. The normalized spacial score (nSPS) is 41.3. The summed E-state index contributed by atoms with van der Waals surface area (Å²) >= 11 is 0. The highest BCUT2D eigenvalue weighted by atomic mass is 16.2. The van der Waals surface area contributed by atoms with E-state index in [0.717, 1.165) is 36.6 Å². The molecule has 1 saturated heterocycles. The molecule has 4 aliphatic rings. The second kappa shape index (κ2) is 10.4. The van der Waals surface area contributed by atoms with Gasteiger partial charge in [-0.05, 0) is 86.5 Å². The highest BCUT2D eigenvalue weighted by Gasteiger charge is 2.60. The minimum Gasteiger partial charge on any atom is -0.342 e. The van der Waals surface area contributed by atoms with Crippen molar-refractivity contribution in [2.75, 3.05) is 13.6 Å². The van der Waals surface area contributed by atoms with Gasteiger partial charge in [0, 0.05) is 25.6 Å². The Morgan fingerprint density at radius 3 is 2.28 bits per heavy atom. The number of rotatable bonds is 10. The summed E-state index contributed by atoms with van der Waals surface area (Å²) in [7, 11) is 2.08. The molecule has 3 saturated carbocycles. The maximum atomic E-state index is 12.4. The molecule has 7 atom stereocenters. The predicted molar refractivity (Wildman–Crippen MR) is 135 cm³/mol. The topological polar surface area (TPSA) is 32.3 Å². The van der Waals surface area contributed by atoms with Crippen LogP contribution in [0.25, 0.3) is 0 Å².